The number of nitrogens with zero attached hydrogens (tertiary/aromatic N) is 2. The molecule has 2 heterocycles. The van der Waals surface area contributed by atoms with E-state index in [4.69, 9.17) is 14.2 Å². The highest BCUT2D eigenvalue weighted by atomic mass is 16.5. The summed E-state index contributed by atoms with van der Waals surface area (Å²) in [5.74, 6) is 2.74. The van der Waals surface area contributed by atoms with Crippen molar-refractivity contribution in [1.29, 1.82) is 0 Å². The van der Waals surface area contributed by atoms with Gasteiger partial charge in [-0.2, -0.15) is 0 Å². The number of hydrogen-bond acceptors (Lipinski definition) is 5. The van der Waals surface area contributed by atoms with E-state index in [9.17, 15) is 0 Å². The minimum absolute atomic E-state index is 0.734. The Kier molecular flexibility index (Phi) is 10.2. The fourth-order valence-electron chi connectivity index (χ4n) is 5.83. The van der Waals surface area contributed by atoms with Crippen molar-refractivity contribution in [2.24, 2.45) is 0 Å². The van der Waals surface area contributed by atoms with Crippen LogP contribution >= 0.6 is 0 Å². The zero-order valence-corrected chi connectivity index (χ0v) is 24.2. The first-order chi connectivity index (χ1) is 19.7. The van der Waals surface area contributed by atoms with Crippen LogP contribution < -0.4 is 14.2 Å². The number of benzene rings is 3. The van der Waals surface area contributed by atoms with Gasteiger partial charge in [0.05, 0.1) is 7.11 Å². The van der Waals surface area contributed by atoms with Crippen molar-refractivity contribution in [3.63, 3.8) is 0 Å². The number of rotatable bonds is 13. The van der Waals surface area contributed by atoms with Gasteiger partial charge < -0.3 is 14.2 Å². The molecule has 0 bridgehead atoms. The highest BCUT2D eigenvalue weighted by Gasteiger charge is 2.14. The third-order valence-corrected chi connectivity index (χ3v) is 8.09. The summed E-state index contributed by atoms with van der Waals surface area (Å²) in [5.41, 5.74) is 6.22. The second-order valence-corrected chi connectivity index (χ2v) is 11.0. The van der Waals surface area contributed by atoms with Crippen LogP contribution in [-0.4, -0.2) is 69.4 Å². The largest absolute Gasteiger partial charge is 0.497 e. The molecule has 0 aromatic heterocycles. The zero-order chi connectivity index (χ0) is 27.6. The van der Waals surface area contributed by atoms with E-state index in [1.54, 1.807) is 7.11 Å². The van der Waals surface area contributed by atoms with Crippen LogP contribution in [-0.2, 0) is 6.42 Å². The summed E-state index contributed by atoms with van der Waals surface area (Å²) in [6.45, 7) is 10.5. The Balaban J connectivity index is 1.30. The second-order valence-electron chi connectivity index (χ2n) is 11.0. The lowest BCUT2D eigenvalue weighted by atomic mass is 9.90. The van der Waals surface area contributed by atoms with Crippen molar-refractivity contribution >= 4 is 5.57 Å². The summed E-state index contributed by atoms with van der Waals surface area (Å²) in [6, 6.07) is 25.6. The maximum Gasteiger partial charge on any atom is 0.119 e. The molecular weight excluding hydrogens is 496 g/mol. The Labute approximate surface area is 240 Å². The Hall–Kier alpha value is -3.28. The first kappa shape index (κ1) is 28.3. The van der Waals surface area contributed by atoms with Gasteiger partial charge in [-0.15, -0.1) is 0 Å². The quantitative estimate of drug-likeness (QED) is 0.241. The van der Waals surface area contributed by atoms with Gasteiger partial charge in [-0.3, -0.25) is 9.80 Å². The van der Waals surface area contributed by atoms with Gasteiger partial charge in [-0.1, -0.05) is 42.0 Å². The summed E-state index contributed by atoms with van der Waals surface area (Å²) in [6.07, 6.45) is 6.11. The van der Waals surface area contributed by atoms with E-state index in [0.29, 0.717) is 0 Å². The number of likely N-dealkylation sites (tertiary alicyclic amines) is 2. The Bertz CT molecular complexity index is 1140. The maximum atomic E-state index is 6.09. The monoisotopic (exact) mass is 540 g/mol. The minimum Gasteiger partial charge on any atom is -0.497 e. The second kappa shape index (κ2) is 14.4. The van der Waals surface area contributed by atoms with Gasteiger partial charge in [0.15, 0.2) is 0 Å². The normalized spacial score (nSPS) is 15.8. The Morgan fingerprint density at radius 3 is 1.45 bits per heavy atom. The molecule has 5 nitrogen and oxygen atoms in total. The van der Waals surface area contributed by atoms with Gasteiger partial charge in [-0.05, 0) is 124 Å². The number of methoxy groups -OCH3 is 1. The molecule has 2 aliphatic rings. The summed E-state index contributed by atoms with van der Waals surface area (Å²) < 4.78 is 17.5. The molecule has 0 atom stereocenters. The van der Waals surface area contributed by atoms with Gasteiger partial charge >= 0.3 is 0 Å². The molecule has 0 radical (unpaired) electrons. The average Bonchev–Trinajstić information content (AvgIpc) is 3.70. The lowest BCUT2D eigenvalue weighted by Gasteiger charge is -2.17. The first-order valence-electron chi connectivity index (χ1n) is 14.9. The molecule has 3 aromatic carbocycles. The van der Waals surface area contributed by atoms with Crippen molar-refractivity contribution in [2.75, 3.05) is 59.6 Å². The summed E-state index contributed by atoms with van der Waals surface area (Å²) in [7, 11) is 1.71. The van der Waals surface area contributed by atoms with Crippen molar-refractivity contribution in [3.8, 4) is 17.2 Å². The van der Waals surface area contributed by atoms with Crippen molar-refractivity contribution < 1.29 is 14.2 Å². The van der Waals surface area contributed by atoms with Crippen LogP contribution in [0.3, 0.4) is 0 Å². The van der Waals surface area contributed by atoms with Gasteiger partial charge in [0, 0.05) is 13.1 Å². The molecule has 0 spiro atoms. The predicted octanol–water partition coefficient (Wildman–Crippen LogP) is 6.71. The molecule has 0 aliphatic carbocycles. The van der Waals surface area contributed by atoms with Crippen molar-refractivity contribution in [1.82, 2.24) is 9.80 Å². The average molecular weight is 541 g/mol. The first-order valence-corrected chi connectivity index (χ1v) is 14.9. The van der Waals surface area contributed by atoms with E-state index in [1.807, 2.05) is 12.1 Å². The molecule has 2 fully saturated rings. The standard InChI is InChI=1S/C35H44N2O3/c1-28(27-29-7-13-32(38-2)14-8-29)35(30-9-15-33(16-10-30)39-25-23-36-19-3-4-20-36)31-11-17-34(18-12-31)40-26-24-37-21-5-6-22-37/h7-18H,3-6,19-27H2,1-2H3. The third kappa shape index (κ3) is 7.89. The van der Waals surface area contributed by atoms with Crippen LogP contribution in [0.2, 0.25) is 0 Å². The molecule has 212 valence electrons. The third-order valence-electron chi connectivity index (χ3n) is 8.09. The van der Waals surface area contributed by atoms with Crippen LogP contribution in [0.5, 0.6) is 17.2 Å². The molecule has 0 amide bonds. The van der Waals surface area contributed by atoms with Crippen molar-refractivity contribution in [3.05, 3.63) is 95.1 Å². The molecule has 5 heteroatoms. The van der Waals surface area contributed by atoms with E-state index in [-0.39, 0.29) is 0 Å². The molecule has 0 unspecified atom stereocenters. The smallest absolute Gasteiger partial charge is 0.119 e. The predicted molar refractivity (Wildman–Crippen MR) is 164 cm³/mol. The molecule has 3 aromatic rings. The topological polar surface area (TPSA) is 34.2 Å². The van der Waals surface area contributed by atoms with Gasteiger partial charge in [0.2, 0.25) is 0 Å². The molecule has 5 rings (SSSR count). The van der Waals surface area contributed by atoms with Crippen LogP contribution in [0.1, 0.15) is 49.3 Å². The van der Waals surface area contributed by atoms with Crippen LogP contribution in [0.15, 0.2) is 78.4 Å². The van der Waals surface area contributed by atoms with Gasteiger partial charge in [0.1, 0.15) is 30.5 Å². The van der Waals surface area contributed by atoms with Crippen LogP contribution in [0.25, 0.3) is 5.57 Å². The van der Waals surface area contributed by atoms with Crippen LogP contribution in [0, 0.1) is 0 Å². The minimum atomic E-state index is 0.734. The molecule has 2 aliphatic heterocycles. The van der Waals surface area contributed by atoms with Gasteiger partial charge in [-0.25, -0.2) is 0 Å². The molecule has 2 saturated heterocycles. The fraction of sp³-hybridized carbons (Fsp3) is 0.429. The summed E-state index contributed by atoms with van der Waals surface area (Å²) in [5, 5.41) is 0. The Morgan fingerprint density at radius 2 is 1.02 bits per heavy atom. The zero-order valence-electron chi connectivity index (χ0n) is 24.2. The summed E-state index contributed by atoms with van der Waals surface area (Å²) >= 11 is 0. The number of ether oxygens (including phenoxy) is 3. The van der Waals surface area contributed by atoms with Crippen molar-refractivity contribution in [2.45, 2.75) is 39.0 Å². The molecular formula is C35H44N2O3. The van der Waals surface area contributed by atoms with Gasteiger partial charge in [0.25, 0.3) is 0 Å². The lowest BCUT2D eigenvalue weighted by Crippen LogP contribution is -2.25. The summed E-state index contributed by atoms with van der Waals surface area (Å²) in [4.78, 5) is 4.97. The van der Waals surface area contributed by atoms with E-state index in [1.165, 1.54) is 79.7 Å². The number of allylic oxidation sites excluding steroid dienone is 1. The molecule has 40 heavy (non-hydrogen) atoms. The lowest BCUT2D eigenvalue weighted by molar-refractivity contribution is 0.237. The van der Waals surface area contributed by atoms with Crippen LogP contribution in [0.4, 0.5) is 0 Å². The Morgan fingerprint density at radius 1 is 0.600 bits per heavy atom. The SMILES string of the molecule is COc1ccc(CC(C)=C(c2ccc(OCCN3CCCC3)cc2)c2ccc(OCCN3CCCC3)cc2)cc1. The van der Waals surface area contributed by atoms with E-state index in [2.05, 4.69) is 77.4 Å². The number of hydrogen-bond donors (Lipinski definition) is 0. The molecule has 0 saturated carbocycles. The fourth-order valence-corrected chi connectivity index (χ4v) is 5.83. The highest BCUT2D eigenvalue weighted by molar-refractivity contribution is 5.82. The highest BCUT2D eigenvalue weighted by Crippen LogP contribution is 2.31. The molecule has 0 N–H and O–H groups in total. The van der Waals surface area contributed by atoms with E-state index >= 15 is 0 Å². The van der Waals surface area contributed by atoms with E-state index < -0.39 is 0 Å². The van der Waals surface area contributed by atoms with E-state index in [0.717, 1.165) is 50.0 Å². The maximum absolute atomic E-state index is 6.09.